The summed E-state index contributed by atoms with van der Waals surface area (Å²) < 4.78 is 0. The van der Waals surface area contributed by atoms with Crippen LogP contribution in [0.4, 0.5) is 0 Å². The third-order valence-electron chi connectivity index (χ3n) is 4.51. The summed E-state index contributed by atoms with van der Waals surface area (Å²) in [4.78, 5) is 3.92. The first-order valence-electron chi connectivity index (χ1n) is 6.81. The summed E-state index contributed by atoms with van der Waals surface area (Å²) in [5.41, 5.74) is 1.20. The highest BCUT2D eigenvalue weighted by molar-refractivity contribution is 8.00. The van der Waals surface area contributed by atoms with Gasteiger partial charge in [-0.2, -0.15) is 0 Å². The standard InChI is InChI=1S/C15H21NOS/c1-10-7-13(17)5-6-15(10)18-14-8-11-3-4-12(9-14)16(11)2/h5-7,11-12,14,17H,3-4,8-9H2,1-2H3. The monoisotopic (exact) mass is 263 g/mol. The Bertz CT molecular complexity index is 434. The van der Waals surface area contributed by atoms with Crippen molar-refractivity contribution in [3.8, 4) is 5.75 Å². The minimum Gasteiger partial charge on any atom is -0.508 e. The Hall–Kier alpha value is -0.670. The highest BCUT2D eigenvalue weighted by Gasteiger charge is 2.38. The van der Waals surface area contributed by atoms with E-state index in [0.29, 0.717) is 5.75 Å². The molecule has 0 amide bonds. The maximum absolute atomic E-state index is 9.46. The molecule has 2 unspecified atom stereocenters. The van der Waals surface area contributed by atoms with E-state index in [1.807, 2.05) is 17.8 Å². The largest absolute Gasteiger partial charge is 0.508 e. The average Bonchev–Trinajstić information content (AvgIpc) is 2.57. The van der Waals surface area contributed by atoms with Crippen LogP contribution in [0.3, 0.4) is 0 Å². The number of phenolic OH excluding ortho intramolecular Hbond substituents is 1. The molecule has 18 heavy (non-hydrogen) atoms. The predicted molar refractivity (Wildman–Crippen MR) is 76.3 cm³/mol. The third kappa shape index (κ3) is 2.26. The predicted octanol–water partition coefficient (Wildman–Crippen LogP) is 3.42. The Kier molecular flexibility index (Phi) is 3.29. The molecule has 0 radical (unpaired) electrons. The summed E-state index contributed by atoms with van der Waals surface area (Å²) in [6.45, 7) is 2.09. The van der Waals surface area contributed by atoms with Crippen LogP contribution in [0, 0.1) is 6.92 Å². The number of benzene rings is 1. The van der Waals surface area contributed by atoms with E-state index in [1.165, 1.54) is 36.1 Å². The van der Waals surface area contributed by atoms with Crippen molar-refractivity contribution in [2.75, 3.05) is 7.05 Å². The fraction of sp³-hybridized carbons (Fsp3) is 0.600. The normalized spacial score (nSPS) is 31.8. The molecule has 0 saturated carbocycles. The molecule has 2 bridgehead atoms. The zero-order valence-corrected chi connectivity index (χ0v) is 11.9. The highest BCUT2D eigenvalue weighted by Crippen LogP contribution is 2.42. The lowest BCUT2D eigenvalue weighted by molar-refractivity contribution is 0.183. The summed E-state index contributed by atoms with van der Waals surface area (Å²) in [5, 5.41) is 10.2. The van der Waals surface area contributed by atoms with Crippen molar-refractivity contribution in [1.82, 2.24) is 4.90 Å². The van der Waals surface area contributed by atoms with Crippen molar-refractivity contribution < 1.29 is 5.11 Å². The maximum atomic E-state index is 9.46. The Morgan fingerprint density at radius 3 is 2.50 bits per heavy atom. The van der Waals surface area contributed by atoms with Crippen molar-refractivity contribution >= 4 is 11.8 Å². The first kappa shape index (κ1) is 12.4. The first-order chi connectivity index (χ1) is 8.63. The van der Waals surface area contributed by atoms with Gasteiger partial charge in [0, 0.05) is 22.2 Å². The van der Waals surface area contributed by atoms with Crippen LogP contribution < -0.4 is 0 Å². The summed E-state index contributed by atoms with van der Waals surface area (Å²) in [5.74, 6) is 0.375. The number of piperidine rings is 1. The van der Waals surface area contributed by atoms with Crippen LogP contribution in [-0.2, 0) is 0 Å². The number of hydrogen-bond donors (Lipinski definition) is 1. The summed E-state index contributed by atoms with van der Waals surface area (Å²) >= 11 is 2.01. The Labute approximate surface area is 113 Å². The van der Waals surface area contributed by atoms with Gasteiger partial charge in [0.15, 0.2) is 0 Å². The van der Waals surface area contributed by atoms with Crippen LogP contribution in [0.15, 0.2) is 23.1 Å². The number of fused-ring (bicyclic) bond motifs is 2. The molecule has 0 aromatic heterocycles. The second-order valence-corrected chi connectivity index (χ2v) is 7.05. The Morgan fingerprint density at radius 2 is 1.89 bits per heavy atom. The summed E-state index contributed by atoms with van der Waals surface area (Å²) in [6.07, 6.45) is 5.40. The third-order valence-corrected chi connectivity index (χ3v) is 5.94. The van der Waals surface area contributed by atoms with E-state index < -0.39 is 0 Å². The highest BCUT2D eigenvalue weighted by atomic mass is 32.2. The summed E-state index contributed by atoms with van der Waals surface area (Å²) in [6, 6.07) is 7.35. The van der Waals surface area contributed by atoms with Crippen molar-refractivity contribution in [3.05, 3.63) is 23.8 Å². The Balaban J connectivity index is 1.70. The van der Waals surface area contributed by atoms with E-state index in [2.05, 4.69) is 24.9 Å². The molecule has 3 heteroatoms. The lowest BCUT2D eigenvalue weighted by Gasteiger charge is -2.36. The number of aromatic hydroxyl groups is 1. The van der Waals surface area contributed by atoms with E-state index in [9.17, 15) is 5.11 Å². The molecule has 2 aliphatic heterocycles. The number of hydrogen-bond acceptors (Lipinski definition) is 3. The van der Waals surface area contributed by atoms with Gasteiger partial charge < -0.3 is 10.0 Å². The molecule has 1 aromatic rings. The van der Waals surface area contributed by atoms with Gasteiger partial charge in [-0.1, -0.05) is 0 Å². The quantitative estimate of drug-likeness (QED) is 0.884. The molecule has 2 nitrogen and oxygen atoms in total. The Morgan fingerprint density at radius 1 is 1.22 bits per heavy atom. The molecule has 1 N–H and O–H groups in total. The SMILES string of the molecule is Cc1cc(O)ccc1SC1CC2CCC(C1)N2C. The first-order valence-corrected chi connectivity index (χ1v) is 7.69. The molecule has 0 spiro atoms. The van der Waals surface area contributed by atoms with Crippen molar-refractivity contribution in [1.29, 1.82) is 0 Å². The molecule has 0 aliphatic carbocycles. The fourth-order valence-corrected chi connectivity index (χ4v) is 4.79. The molecule has 2 saturated heterocycles. The minimum atomic E-state index is 0.375. The van der Waals surface area contributed by atoms with Crippen molar-refractivity contribution in [2.24, 2.45) is 0 Å². The zero-order chi connectivity index (χ0) is 12.7. The zero-order valence-electron chi connectivity index (χ0n) is 11.1. The lowest BCUT2D eigenvalue weighted by Crippen LogP contribution is -2.40. The molecule has 98 valence electrons. The topological polar surface area (TPSA) is 23.5 Å². The van der Waals surface area contributed by atoms with E-state index in [1.54, 1.807) is 6.07 Å². The van der Waals surface area contributed by atoms with E-state index in [-0.39, 0.29) is 0 Å². The van der Waals surface area contributed by atoms with Gasteiger partial charge in [-0.25, -0.2) is 0 Å². The van der Waals surface area contributed by atoms with Crippen LogP contribution in [0.2, 0.25) is 0 Å². The van der Waals surface area contributed by atoms with Gasteiger partial charge in [0.1, 0.15) is 5.75 Å². The van der Waals surface area contributed by atoms with Gasteiger partial charge >= 0.3 is 0 Å². The van der Waals surface area contributed by atoms with Gasteiger partial charge in [0.25, 0.3) is 0 Å². The minimum absolute atomic E-state index is 0.375. The number of rotatable bonds is 2. The lowest BCUT2D eigenvalue weighted by atomic mass is 10.0. The number of nitrogens with zero attached hydrogens (tertiary/aromatic N) is 1. The fourth-order valence-electron chi connectivity index (χ4n) is 3.40. The van der Waals surface area contributed by atoms with Crippen LogP contribution in [0.25, 0.3) is 0 Å². The van der Waals surface area contributed by atoms with Gasteiger partial charge in [-0.15, -0.1) is 11.8 Å². The molecule has 2 atom stereocenters. The van der Waals surface area contributed by atoms with E-state index in [4.69, 9.17) is 0 Å². The molecule has 1 aromatic carbocycles. The number of phenols is 1. The number of thioether (sulfide) groups is 1. The molecule has 3 rings (SSSR count). The van der Waals surface area contributed by atoms with Crippen LogP contribution >= 0.6 is 11.8 Å². The molecular formula is C15H21NOS. The summed E-state index contributed by atoms with van der Waals surface area (Å²) in [7, 11) is 2.29. The molecular weight excluding hydrogens is 242 g/mol. The van der Waals surface area contributed by atoms with E-state index in [0.717, 1.165) is 17.3 Å². The van der Waals surface area contributed by atoms with Gasteiger partial charge in [-0.05, 0) is 63.4 Å². The second kappa shape index (κ2) is 4.78. The van der Waals surface area contributed by atoms with Gasteiger partial charge in [0.2, 0.25) is 0 Å². The van der Waals surface area contributed by atoms with Crippen LogP contribution in [-0.4, -0.2) is 34.4 Å². The van der Waals surface area contributed by atoms with E-state index >= 15 is 0 Å². The smallest absolute Gasteiger partial charge is 0.115 e. The maximum Gasteiger partial charge on any atom is 0.115 e. The molecule has 2 heterocycles. The van der Waals surface area contributed by atoms with Gasteiger partial charge in [-0.3, -0.25) is 0 Å². The van der Waals surface area contributed by atoms with Crippen LogP contribution in [0.1, 0.15) is 31.2 Å². The van der Waals surface area contributed by atoms with Crippen molar-refractivity contribution in [3.63, 3.8) is 0 Å². The van der Waals surface area contributed by atoms with Gasteiger partial charge in [0.05, 0.1) is 0 Å². The van der Waals surface area contributed by atoms with Crippen LogP contribution in [0.5, 0.6) is 5.75 Å². The van der Waals surface area contributed by atoms with Crippen molar-refractivity contribution in [2.45, 2.75) is 54.8 Å². The molecule has 2 fully saturated rings. The second-order valence-electron chi connectivity index (χ2n) is 5.71. The molecule has 2 aliphatic rings. The number of aryl methyl sites for hydroxylation is 1. The average molecular weight is 263 g/mol.